The van der Waals surface area contributed by atoms with Gasteiger partial charge < -0.3 is 10.0 Å². The first-order chi connectivity index (χ1) is 7.62. The van der Waals surface area contributed by atoms with Crippen LogP contribution < -0.4 is 0 Å². The van der Waals surface area contributed by atoms with E-state index in [1.165, 1.54) is 24.2 Å². The van der Waals surface area contributed by atoms with Crippen LogP contribution in [-0.2, 0) is 0 Å². The summed E-state index contributed by atoms with van der Waals surface area (Å²) in [7, 11) is 4.36. The van der Waals surface area contributed by atoms with E-state index in [9.17, 15) is 5.11 Å². The van der Waals surface area contributed by atoms with Crippen LogP contribution in [0.4, 0.5) is 0 Å². The molecule has 0 unspecified atom stereocenters. The second-order valence-electron chi connectivity index (χ2n) is 4.71. The zero-order chi connectivity index (χ0) is 11.6. The van der Waals surface area contributed by atoms with Crippen molar-refractivity contribution in [3.63, 3.8) is 0 Å². The second kappa shape index (κ2) is 4.68. The number of phenols is 1. The summed E-state index contributed by atoms with van der Waals surface area (Å²) in [5.41, 5.74) is 0.490. The van der Waals surface area contributed by atoms with Crippen LogP contribution in [0.3, 0.4) is 0 Å². The van der Waals surface area contributed by atoms with E-state index in [1.807, 2.05) is 23.9 Å². The van der Waals surface area contributed by atoms with E-state index in [2.05, 4.69) is 19.0 Å². The van der Waals surface area contributed by atoms with Crippen molar-refractivity contribution in [3.05, 3.63) is 24.3 Å². The predicted octanol–water partition coefficient (Wildman–Crippen LogP) is 2.97. The molecule has 16 heavy (non-hydrogen) atoms. The van der Waals surface area contributed by atoms with Gasteiger partial charge in [0.25, 0.3) is 0 Å². The van der Waals surface area contributed by atoms with Crippen molar-refractivity contribution in [1.82, 2.24) is 4.90 Å². The molecule has 2 nitrogen and oxygen atoms in total. The lowest BCUT2D eigenvalue weighted by molar-refractivity contribution is 0.265. The Kier molecular flexibility index (Phi) is 3.45. The first-order valence-electron chi connectivity index (χ1n) is 5.72. The standard InChI is InChI=1S/C13H19NOS/c1-14(2)13(7-8-13)9-10-16-12-5-3-11(15)4-6-12/h3-6,15H,7-10H2,1-2H3. The summed E-state index contributed by atoms with van der Waals surface area (Å²) in [6.45, 7) is 0. The second-order valence-corrected chi connectivity index (χ2v) is 5.88. The smallest absolute Gasteiger partial charge is 0.115 e. The van der Waals surface area contributed by atoms with E-state index >= 15 is 0 Å². The van der Waals surface area contributed by atoms with Gasteiger partial charge >= 0.3 is 0 Å². The summed E-state index contributed by atoms with van der Waals surface area (Å²) < 4.78 is 0. The fourth-order valence-electron chi connectivity index (χ4n) is 1.97. The van der Waals surface area contributed by atoms with Crippen molar-refractivity contribution in [3.8, 4) is 5.75 Å². The summed E-state index contributed by atoms with van der Waals surface area (Å²) in [4.78, 5) is 3.61. The zero-order valence-electron chi connectivity index (χ0n) is 9.94. The zero-order valence-corrected chi connectivity index (χ0v) is 10.8. The highest BCUT2D eigenvalue weighted by Crippen LogP contribution is 2.44. The highest BCUT2D eigenvalue weighted by atomic mass is 32.2. The molecule has 0 amide bonds. The van der Waals surface area contributed by atoms with Gasteiger partial charge in [-0.2, -0.15) is 0 Å². The van der Waals surface area contributed by atoms with E-state index in [-0.39, 0.29) is 0 Å². The van der Waals surface area contributed by atoms with Crippen molar-refractivity contribution >= 4 is 11.8 Å². The van der Waals surface area contributed by atoms with E-state index < -0.39 is 0 Å². The molecule has 0 heterocycles. The Labute approximate surface area is 102 Å². The fourth-order valence-corrected chi connectivity index (χ4v) is 3.01. The lowest BCUT2D eigenvalue weighted by atomic mass is 10.2. The van der Waals surface area contributed by atoms with E-state index in [0.717, 1.165) is 5.75 Å². The van der Waals surface area contributed by atoms with Crippen LogP contribution in [-0.4, -0.2) is 35.4 Å². The third-order valence-corrected chi connectivity index (χ3v) is 4.46. The van der Waals surface area contributed by atoms with Gasteiger partial charge in [-0.3, -0.25) is 0 Å². The third-order valence-electron chi connectivity index (χ3n) is 3.45. The largest absolute Gasteiger partial charge is 0.508 e. The molecule has 2 rings (SSSR count). The number of hydrogen-bond acceptors (Lipinski definition) is 3. The summed E-state index contributed by atoms with van der Waals surface area (Å²) in [6.07, 6.45) is 3.94. The number of hydrogen-bond donors (Lipinski definition) is 1. The molecular formula is C13H19NOS. The number of nitrogens with zero attached hydrogens (tertiary/aromatic N) is 1. The van der Waals surface area contributed by atoms with Crippen LogP contribution in [0, 0.1) is 0 Å². The molecule has 1 N–H and O–H groups in total. The maximum Gasteiger partial charge on any atom is 0.115 e. The molecule has 0 aromatic heterocycles. The summed E-state index contributed by atoms with van der Waals surface area (Å²) >= 11 is 1.88. The van der Waals surface area contributed by atoms with Crippen LogP contribution in [0.2, 0.25) is 0 Å². The molecule has 1 saturated carbocycles. The van der Waals surface area contributed by atoms with Crippen LogP contribution in [0.15, 0.2) is 29.2 Å². The Morgan fingerprint density at radius 1 is 1.25 bits per heavy atom. The van der Waals surface area contributed by atoms with Gasteiger partial charge in [0.1, 0.15) is 5.75 Å². The minimum absolute atomic E-state index is 0.344. The summed E-state index contributed by atoms with van der Waals surface area (Å²) in [5, 5.41) is 9.18. The molecule has 1 aromatic carbocycles. The molecule has 3 heteroatoms. The molecule has 0 aliphatic heterocycles. The van der Waals surface area contributed by atoms with Gasteiger partial charge in [0.15, 0.2) is 0 Å². The lowest BCUT2D eigenvalue weighted by Crippen LogP contribution is -2.30. The van der Waals surface area contributed by atoms with Crippen molar-refractivity contribution in [2.75, 3.05) is 19.8 Å². The quantitative estimate of drug-likeness (QED) is 0.796. The topological polar surface area (TPSA) is 23.5 Å². The first kappa shape index (κ1) is 11.8. The van der Waals surface area contributed by atoms with Gasteiger partial charge in [-0.15, -0.1) is 11.8 Å². The van der Waals surface area contributed by atoms with Gasteiger partial charge in [-0.1, -0.05) is 0 Å². The fraction of sp³-hybridized carbons (Fsp3) is 0.538. The van der Waals surface area contributed by atoms with Crippen LogP contribution in [0.5, 0.6) is 5.75 Å². The molecule has 0 atom stereocenters. The van der Waals surface area contributed by atoms with E-state index in [4.69, 9.17) is 0 Å². The highest BCUT2D eigenvalue weighted by Gasteiger charge is 2.43. The highest BCUT2D eigenvalue weighted by molar-refractivity contribution is 7.99. The minimum Gasteiger partial charge on any atom is -0.508 e. The van der Waals surface area contributed by atoms with Crippen LogP contribution >= 0.6 is 11.8 Å². The number of aromatic hydroxyl groups is 1. The molecule has 0 radical (unpaired) electrons. The molecule has 88 valence electrons. The lowest BCUT2D eigenvalue weighted by Gasteiger charge is -2.23. The van der Waals surface area contributed by atoms with E-state index in [0.29, 0.717) is 11.3 Å². The van der Waals surface area contributed by atoms with Gasteiger partial charge in [0, 0.05) is 10.4 Å². The van der Waals surface area contributed by atoms with Gasteiger partial charge in [0.05, 0.1) is 0 Å². The van der Waals surface area contributed by atoms with Gasteiger partial charge in [-0.25, -0.2) is 0 Å². The Morgan fingerprint density at radius 3 is 2.38 bits per heavy atom. The first-order valence-corrected chi connectivity index (χ1v) is 6.70. The van der Waals surface area contributed by atoms with Gasteiger partial charge in [-0.05, 0) is 63.4 Å². The maximum atomic E-state index is 9.18. The molecule has 1 aliphatic carbocycles. The molecule has 0 spiro atoms. The number of benzene rings is 1. The molecule has 0 bridgehead atoms. The predicted molar refractivity (Wildman–Crippen MR) is 69.1 cm³/mol. The van der Waals surface area contributed by atoms with E-state index in [1.54, 1.807) is 12.1 Å². The monoisotopic (exact) mass is 237 g/mol. The third kappa shape index (κ3) is 2.71. The molecule has 0 saturated heterocycles. The number of phenolic OH excluding ortho intramolecular Hbond substituents is 1. The minimum atomic E-state index is 0.344. The van der Waals surface area contributed by atoms with Crippen molar-refractivity contribution < 1.29 is 5.11 Å². The average molecular weight is 237 g/mol. The Hall–Kier alpha value is -0.670. The molecule has 1 aromatic rings. The summed E-state index contributed by atoms with van der Waals surface area (Å²) in [6, 6.07) is 7.47. The average Bonchev–Trinajstić information content (AvgIpc) is 3.02. The number of rotatable bonds is 5. The van der Waals surface area contributed by atoms with Gasteiger partial charge in [0.2, 0.25) is 0 Å². The molecular weight excluding hydrogens is 218 g/mol. The molecule has 1 fully saturated rings. The molecule has 1 aliphatic rings. The van der Waals surface area contributed by atoms with Crippen molar-refractivity contribution in [2.24, 2.45) is 0 Å². The Bertz CT molecular complexity index is 343. The number of thioether (sulfide) groups is 1. The maximum absolute atomic E-state index is 9.18. The van der Waals surface area contributed by atoms with Crippen LogP contribution in [0.25, 0.3) is 0 Å². The Morgan fingerprint density at radius 2 is 1.88 bits per heavy atom. The normalized spacial score (nSPS) is 17.7. The van der Waals surface area contributed by atoms with Crippen LogP contribution in [0.1, 0.15) is 19.3 Å². The Balaban J connectivity index is 1.78. The summed E-state index contributed by atoms with van der Waals surface area (Å²) in [5.74, 6) is 1.50. The SMILES string of the molecule is CN(C)C1(CCSc2ccc(O)cc2)CC1. The van der Waals surface area contributed by atoms with Crippen molar-refractivity contribution in [2.45, 2.75) is 29.7 Å². The van der Waals surface area contributed by atoms with Crippen molar-refractivity contribution in [1.29, 1.82) is 0 Å².